The molecule has 0 N–H and O–H groups in total. The molecule has 0 saturated carbocycles. The van der Waals surface area contributed by atoms with E-state index >= 15 is 4.39 Å². The maximum absolute atomic E-state index is 15.8. The summed E-state index contributed by atoms with van der Waals surface area (Å²) >= 11 is 0. The summed E-state index contributed by atoms with van der Waals surface area (Å²) in [4.78, 5) is 42.5. The number of halogens is 2. The van der Waals surface area contributed by atoms with Gasteiger partial charge in [-0.1, -0.05) is 32.6 Å². The fourth-order valence-corrected chi connectivity index (χ4v) is 6.19. The number of aromatic nitrogens is 4. The molecule has 5 rings (SSSR count). The average Bonchev–Trinajstić information content (AvgIpc) is 2.96. The minimum Gasteiger partial charge on any atom is -0.350 e. The molecular weight excluding hydrogens is 578 g/mol. The number of anilines is 1. The summed E-state index contributed by atoms with van der Waals surface area (Å²) in [5.41, 5.74) is -1.08. The van der Waals surface area contributed by atoms with Gasteiger partial charge in [-0.25, -0.2) is 36.5 Å². The minimum absolute atomic E-state index is 0.0536. The van der Waals surface area contributed by atoms with E-state index in [2.05, 4.69) is 21.5 Å². The van der Waals surface area contributed by atoms with Crippen molar-refractivity contribution in [2.24, 2.45) is 0 Å². The predicted octanol–water partition coefficient (Wildman–Crippen LogP) is 3.87. The van der Waals surface area contributed by atoms with Crippen LogP contribution in [0.5, 0.6) is 0 Å². The molecular formula is C30H30F2N6O4S. The topological polar surface area (TPSA) is 118 Å². The minimum atomic E-state index is -3.97. The van der Waals surface area contributed by atoms with Gasteiger partial charge in [0, 0.05) is 43.7 Å². The Morgan fingerprint density at radius 1 is 1.12 bits per heavy atom. The number of sulfone groups is 1. The second-order valence-electron chi connectivity index (χ2n) is 10.7. The molecule has 4 heterocycles. The number of piperazine rings is 1. The van der Waals surface area contributed by atoms with Crippen molar-refractivity contribution in [2.45, 2.75) is 37.8 Å². The van der Waals surface area contributed by atoms with E-state index in [9.17, 15) is 22.4 Å². The lowest BCUT2D eigenvalue weighted by molar-refractivity contribution is -0.126. The second kappa shape index (κ2) is 11.3. The van der Waals surface area contributed by atoms with Gasteiger partial charge in [0.2, 0.25) is 5.91 Å². The number of hydrogen-bond acceptors (Lipinski definition) is 8. The Hall–Kier alpha value is -4.52. The highest BCUT2D eigenvalue weighted by molar-refractivity contribution is 7.90. The van der Waals surface area contributed by atoms with Gasteiger partial charge in [0.15, 0.2) is 20.5 Å². The number of pyridine rings is 2. The van der Waals surface area contributed by atoms with E-state index in [1.54, 1.807) is 15.9 Å². The van der Waals surface area contributed by atoms with Crippen molar-refractivity contribution >= 4 is 32.6 Å². The number of hydrogen-bond donors (Lipinski definition) is 0. The first-order valence-electron chi connectivity index (χ1n) is 13.6. The van der Waals surface area contributed by atoms with Gasteiger partial charge in [-0.15, -0.1) is 0 Å². The van der Waals surface area contributed by atoms with Crippen LogP contribution >= 0.6 is 0 Å². The highest BCUT2D eigenvalue weighted by Gasteiger charge is 2.32. The quantitative estimate of drug-likeness (QED) is 0.303. The SMILES string of the molecule is C=CC(=O)N1CCN(c2nc(=O)n(-c3c(C(C)C)ccnc3S(C)(=O)=O)c3nc(-c4ccccc4F)c(F)cc23)[C@@H](C)C1. The van der Waals surface area contributed by atoms with Crippen LogP contribution in [0.2, 0.25) is 0 Å². The normalized spacial score (nSPS) is 15.7. The third kappa shape index (κ3) is 5.40. The molecule has 1 aliphatic heterocycles. The van der Waals surface area contributed by atoms with Crippen LogP contribution in [-0.4, -0.2) is 70.7 Å². The van der Waals surface area contributed by atoms with Gasteiger partial charge in [0.25, 0.3) is 0 Å². The van der Waals surface area contributed by atoms with E-state index in [-0.39, 0.29) is 63.2 Å². The number of nitrogens with zero attached hydrogens (tertiary/aromatic N) is 6. The van der Waals surface area contributed by atoms with E-state index < -0.39 is 27.2 Å². The molecule has 3 aromatic heterocycles. The number of amides is 1. The molecule has 43 heavy (non-hydrogen) atoms. The fourth-order valence-electron chi connectivity index (χ4n) is 5.38. The zero-order valence-electron chi connectivity index (χ0n) is 24.1. The molecule has 10 nitrogen and oxygen atoms in total. The molecule has 4 aromatic rings. The van der Waals surface area contributed by atoms with Crippen molar-refractivity contribution in [1.29, 1.82) is 0 Å². The Bertz CT molecular complexity index is 1940. The summed E-state index contributed by atoms with van der Waals surface area (Å²) in [5, 5.41) is -0.273. The molecule has 1 fully saturated rings. The largest absolute Gasteiger partial charge is 0.355 e. The predicted molar refractivity (Wildman–Crippen MR) is 159 cm³/mol. The third-order valence-electron chi connectivity index (χ3n) is 7.43. The Kier molecular flexibility index (Phi) is 7.86. The smallest absolute Gasteiger partial charge is 0.350 e. The first kappa shape index (κ1) is 30.0. The van der Waals surface area contributed by atoms with Gasteiger partial charge in [-0.05, 0) is 48.7 Å². The summed E-state index contributed by atoms with van der Waals surface area (Å²) in [6, 6.07) is 7.89. The molecule has 1 aromatic carbocycles. The average molecular weight is 609 g/mol. The Morgan fingerprint density at radius 2 is 1.84 bits per heavy atom. The van der Waals surface area contributed by atoms with E-state index in [1.807, 2.05) is 20.8 Å². The van der Waals surface area contributed by atoms with Gasteiger partial charge in [-0.3, -0.25) is 4.79 Å². The van der Waals surface area contributed by atoms with Crippen LogP contribution in [-0.2, 0) is 14.6 Å². The number of fused-ring (bicyclic) bond motifs is 1. The molecule has 224 valence electrons. The Morgan fingerprint density at radius 3 is 2.47 bits per heavy atom. The van der Waals surface area contributed by atoms with E-state index in [0.717, 1.165) is 23.0 Å². The van der Waals surface area contributed by atoms with Crippen LogP contribution in [0.15, 0.2) is 65.1 Å². The molecule has 0 spiro atoms. The van der Waals surface area contributed by atoms with Crippen LogP contribution in [0.25, 0.3) is 28.0 Å². The van der Waals surface area contributed by atoms with E-state index in [0.29, 0.717) is 18.7 Å². The van der Waals surface area contributed by atoms with Crippen molar-refractivity contribution in [3.63, 3.8) is 0 Å². The number of carbonyl (C=O) groups excluding carboxylic acids is 1. The monoisotopic (exact) mass is 608 g/mol. The molecule has 0 bridgehead atoms. The van der Waals surface area contributed by atoms with Crippen LogP contribution in [0, 0.1) is 11.6 Å². The van der Waals surface area contributed by atoms with Gasteiger partial charge >= 0.3 is 5.69 Å². The molecule has 1 atom stereocenters. The maximum atomic E-state index is 15.8. The van der Waals surface area contributed by atoms with Crippen LogP contribution < -0.4 is 10.6 Å². The van der Waals surface area contributed by atoms with E-state index in [1.165, 1.54) is 30.5 Å². The van der Waals surface area contributed by atoms with E-state index in [4.69, 9.17) is 0 Å². The summed E-state index contributed by atoms with van der Waals surface area (Å²) in [5.74, 6) is -1.99. The lowest BCUT2D eigenvalue weighted by atomic mass is 10.0. The molecule has 1 amide bonds. The second-order valence-corrected chi connectivity index (χ2v) is 12.7. The lowest BCUT2D eigenvalue weighted by Gasteiger charge is -2.40. The van der Waals surface area contributed by atoms with Crippen LogP contribution in [0.4, 0.5) is 14.6 Å². The maximum Gasteiger partial charge on any atom is 0.355 e. The highest BCUT2D eigenvalue weighted by Crippen LogP contribution is 2.35. The summed E-state index contributed by atoms with van der Waals surface area (Å²) < 4.78 is 57.6. The number of carbonyl (C=O) groups is 1. The Balaban J connectivity index is 1.88. The van der Waals surface area contributed by atoms with Crippen molar-refractivity contribution in [3.05, 3.63) is 82.9 Å². The first-order chi connectivity index (χ1) is 20.3. The number of benzene rings is 1. The molecule has 0 aliphatic carbocycles. The number of rotatable bonds is 6. The van der Waals surface area contributed by atoms with Crippen molar-refractivity contribution in [3.8, 4) is 16.9 Å². The summed E-state index contributed by atoms with van der Waals surface area (Å²) in [6.45, 7) is 9.86. The van der Waals surface area contributed by atoms with Crippen LogP contribution in [0.1, 0.15) is 32.3 Å². The van der Waals surface area contributed by atoms with Gasteiger partial charge < -0.3 is 9.80 Å². The summed E-state index contributed by atoms with van der Waals surface area (Å²) in [7, 11) is -3.97. The van der Waals surface area contributed by atoms with Crippen molar-refractivity contribution < 1.29 is 22.0 Å². The fraction of sp³-hybridized carbons (Fsp3) is 0.300. The molecule has 1 aliphatic rings. The van der Waals surface area contributed by atoms with Crippen molar-refractivity contribution in [1.82, 2.24) is 24.4 Å². The third-order valence-corrected chi connectivity index (χ3v) is 8.44. The molecule has 0 unspecified atom stereocenters. The van der Waals surface area contributed by atoms with Gasteiger partial charge in [0.05, 0.1) is 11.1 Å². The molecule has 0 radical (unpaired) electrons. The highest BCUT2D eigenvalue weighted by atomic mass is 32.2. The summed E-state index contributed by atoms with van der Waals surface area (Å²) in [6.07, 6.45) is 3.54. The molecule has 13 heteroatoms. The zero-order chi connectivity index (χ0) is 31.2. The zero-order valence-corrected chi connectivity index (χ0v) is 24.9. The van der Waals surface area contributed by atoms with Gasteiger partial charge in [-0.2, -0.15) is 4.98 Å². The van der Waals surface area contributed by atoms with Crippen molar-refractivity contribution in [2.75, 3.05) is 30.8 Å². The van der Waals surface area contributed by atoms with Crippen LogP contribution in [0.3, 0.4) is 0 Å². The Labute approximate surface area is 247 Å². The lowest BCUT2D eigenvalue weighted by Crippen LogP contribution is -2.54. The first-order valence-corrected chi connectivity index (χ1v) is 15.5. The van der Waals surface area contributed by atoms with Gasteiger partial charge in [0.1, 0.15) is 23.1 Å². The standard InChI is InChI=1S/C30H30F2N6O4S/c1-6-24(39)36-13-14-37(18(4)16-36)27-21-15-23(32)25(20-9-7-8-10-22(20)31)34-28(21)38(30(40)35-27)26-19(17(2)3)11-12-33-29(26)43(5,41)42/h6-12,15,17-18H,1,13-14,16H2,2-5H3/t18-/m0/s1. The molecule has 1 saturated heterocycles.